The largest absolute Gasteiger partial charge is 0.458 e. The summed E-state index contributed by atoms with van der Waals surface area (Å²) in [6.45, 7) is 11.6. The summed E-state index contributed by atoms with van der Waals surface area (Å²) >= 11 is 0. The molecule has 1 saturated carbocycles. The van der Waals surface area contributed by atoms with E-state index in [0.29, 0.717) is 23.8 Å². The van der Waals surface area contributed by atoms with Gasteiger partial charge in [-0.2, -0.15) is 0 Å². The summed E-state index contributed by atoms with van der Waals surface area (Å²) in [4.78, 5) is 12.1. The second-order valence-corrected chi connectivity index (χ2v) is 10.2. The third kappa shape index (κ3) is 4.56. The van der Waals surface area contributed by atoms with E-state index in [1.54, 1.807) is 17.7 Å². The molecule has 0 aliphatic heterocycles. The number of carbonyl (C=O) groups is 1. The maximum Gasteiger partial charge on any atom is 0.338 e. The molecule has 1 aromatic carbocycles. The summed E-state index contributed by atoms with van der Waals surface area (Å²) in [7, 11) is 0. The van der Waals surface area contributed by atoms with Gasteiger partial charge in [0.1, 0.15) is 6.61 Å². The molecular formula is C27H38O3. The van der Waals surface area contributed by atoms with Crippen LogP contribution in [0.3, 0.4) is 0 Å². The van der Waals surface area contributed by atoms with Gasteiger partial charge in [0.05, 0.1) is 11.7 Å². The van der Waals surface area contributed by atoms with E-state index in [4.69, 9.17) is 4.74 Å². The molecule has 164 valence electrons. The molecule has 30 heavy (non-hydrogen) atoms. The van der Waals surface area contributed by atoms with E-state index in [-0.39, 0.29) is 23.4 Å². The molecule has 0 aromatic heterocycles. The van der Waals surface area contributed by atoms with E-state index in [1.165, 1.54) is 19.3 Å². The van der Waals surface area contributed by atoms with Crippen LogP contribution in [0.2, 0.25) is 0 Å². The first kappa shape index (κ1) is 22.8. The summed E-state index contributed by atoms with van der Waals surface area (Å²) in [6, 6.07) is 9.04. The average Bonchev–Trinajstić information content (AvgIpc) is 2.71. The minimum Gasteiger partial charge on any atom is -0.458 e. The molecule has 0 bridgehead atoms. The number of hydrogen-bond acceptors (Lipinski definition) is 3. The summed E-state index contributed by atoms with van der Waals surface area (Å²) in [5, 5.41) is 11.4. The van der Waals surface area contributed by atoms with Crippen LogP contribution in [0.25, 0.3) is 0 Å². The molecule has 2 aliphatic carbocycles. The molecule has 0 heterocycles. The van der Waals surface area contributed by atoms with Gasteiger partial charge in [0, 0.05) is 5.41 Å². The van der Waals surface area contributed by atoms with Crippen molar-refractivity contribution in [3.63, 3.8) is 0 Å². The fourth-order valence-corrected chi connectivity index (χ4v) is 5.57. The minimum atomic E-state index is -0.406. The van der Waals surface area contributed by atoms with Crippen LogP contribution < -0.4 is 0 Å². The van der Waals surface area contributed by atoms with Crippen molar-refractivity contribution in [3.8, 4) is 0 Å². The van der Waals surface area contributed by atoms with Crippen molar-refractivity contribution >= 4 is 5.97 Å². The minimum absolute atomic E-state index is 0.127. The van der Waals surface area contributed by atoms with Crippen LogP contribution >= 0.6 is 0 Å². The van der Waals surface area contributed by atoms with Gasteiger partial charge in [0.25, 0.3) is 0 Å². The Balaban J connectivity index is 1.65. The van der Waals surface area contributed by atoms with Crippen molar-refractivity contribution in [2.45, 2.75) is 72.8 Å². The number of rotatable bonds is 6. The fraction of sp³-hybridized carbons (Fsp3) is 0.593. The normalized spacial score (nSPS) is 29.5. The molecule has 0 radical (unpaired) electrons. The lowest BCUT2D eigenvalue weighted by Crippen LogP contribution is -2.50. The monoisotopic (exact) mass is 410 g/mol. The Labute approximate surface area is 182 Å². The van der Waals surface area contributed by atoms with Crippen LogP contribution in [0, 0.1) is 22.7 Å². The van der Waals surface area contributed by atoms with Crippen LogP contribution in [0.15, 0.2) is 53.6 Å². The Kier molecular flexibility index (Phi) is 6.91. The lowest BCUT2D eigenvalue weighted by atomic mass is 9.51. The number of benzene rings is 1. The average molecular weight is 411 g/mol. The highest BCUT2D eigenvalue weighted by molar-refractivity contribution is 5.89. The Hall–Kier alpha value is -1.87. The lowest BCUT2D eigenvalue weighted by molar-refractivity contribution is -0.0557. The highest BCUT2D eigenvalue weighted by Crippen LogP contribution is 2.58. The van der Waals surface area contributed by atoms with Crippen LogP contribution in [-0.4, -0.2) is 23.8 Å². The molecule has 0 amide bonds. The zero-order valence-corrected chi connectivity index (χ0v) is 19.3. The van der Waals surface area contributed by atoms with Gasteiger partial charge in [-0.1, -0.05) is 69.5 Å². The maximum atomic E-state index is 12.1. The molecule has 0 saturated heterocycles. The molecule has 1 fully saturated rings. The lowest BCUT2D eigenvalue weighted by Gasteiger charge is -2.55. The number of ether oxygens (including phenoxy) is 1. The van der Waals surface area contributed by atoms with Gasteiger partial charge in [0.2, 0.25) is 0 Å². The fourth-order valence-electron chi connectivity index (χ4n) is 5.57. The molecule has 3 heteroatoms. The Morgan fingerprint density at radius 1 is 1.27 bits per heavy atom. The van der Waals surface area contributed by atoms with Gasteiger partial charge >= 0.3 is 5.97 Å². The number of allylic oxidation sites excluding steroid dienone is 2. The molecule has 4 atom stereocenters. The van der Waals surface area contributed by atoms with Crippen molar-refractivity contribution in [3.05, 3.63) is 59.2 Å². The summed E-state index contributed by atoms with van der Waals surface area (Å²) in [5.74, 6) is 0.579. The molecule has 3 rings (SSSR count). The van der Waals surface area contributed by atoms with E-state index in [0.717, 1.165) is 12.0 Å². The quantitative estimate of drug-likeness (QED) is 0.440. The van der Waals surface area contributed by atoms with Gasteiger partial charge in [-0.25, -0.2) is 4.79 Å². The summed E-state index contributed by atoms with van der Waals surface area (Å²) in [6.07, 6.45) is 9.29. The van der Waals surface area contributed by atoms with Crippen LogP contribution in [0.1, 0.15) is 77.1 Å². The molecule has 1 aromatic rings. The van der Waals surface area contributed by atoms with Gasteiger partial charge in [-0.3, -0.25) is 0 Å². The molecule has 1 N–H and O–H groups in total. The Bertz CT molecular complexity index is 805. The number of fused-ring (bicyclic) bond motifs is 1. The molecule has 2 aliphatic rings. The highest BCUT2D eigenvalue weighted by Gasteiger charge is 2.51. The predicted molar refractivity (Wildman–Crippen MR) is 122 cm³/mol. The zero-order chi connectivity index (χ0) is 21.9. The predicted octanol–water partition coefficient (Wildman–Crippen LogP) is 6.34. The van der Waals surface area contributed by atoms with E-state index < -0.39 is 6.10 Å². The maximum absolute atomic E-state index is 12.1. The zero-order valence-electron chi connectivity index (χ0n) is 19.3. The topological polar surface area (TPSA) is 46.5 Å². The van der Waals surface area contributed by atoms with Crippen molar-refractivity contribution in [2.75, 3.05) is 6.61 Å². The molecular weight excluding hydrogens is 372 g/mol. The number of aliphatic hydroxyl groups is 1. The molecule has 3 nitrogen and oxygen atoms in total. The van der Waals surface area contributed by atoms with Crippen LogP contribution in [0.4, 0.5) is 0 Å². The third-order valence-corrected chi connectivity index (χ3v) is 7.84. The van der Waals surface area contributed by atoms with E-state index in [2.05, 4.69) is 33.8 Å². The Morgan fingerprint density at radius 2 is 1.97 bits per heavy atom. The summed E-state index contributed by atoms with van der Waals surface area (Å²) in [5.41, 5.74) is 3.30. The first-order valence-electron chi connectivity index (χ1n) is 11.4. The van der Waals surface area contributed by atoms with Crippen molar-refractivity contribution in [1.82, 2.24) is 0 Å². The van der Waals surface area contributed by atoms with Gasteiger partial charge in [-0.05, 0) is 68.1 Å². The number of aliphatic hydroxyl groups excluding tert-OH is 1. The Morgan fingerprint density at radius 3 is 2.67 bits per heavy atom. The SMILES string of the molecule is C/C(=C\COC(=O)c1ccccc1)C[C@@H](O)[C@@]1(C)[C@H](C)CC=C2[C@@H]1CCCC2(C)C. The second kappa shape index (κ2) is 9.09. The number of esters is 1. The van der Waals surface area contributed by atoms with Crippen LogP contribution in [-0.2, 0) is 4.74 Å². The van der Waals surface area contributed by atoms with Gasteiger partial charge < -0.3 is 9.84 Å². The molecule has 0 spiro atoms. The number of carbonyl (C=O) groups excluding carboxylic acids is 1. The van der Waals surface area contributed by atoms with E-state index in [1.807, 2.05) is 31.2 Å². The standard InChI is InChI=1S/C27H38O3/c1-19(15-17-30-25(29)21-10-7-6-8-11-21)18-24(28)27(5)20(2)13-14-22-23(27)12-9-16-26(22,3)4/h6-8,10-11,14-15,20,23-24,28H,9,12-13,16-18H2,1-5H3/b19-15+/t20-,23+,24-,27+/m1/s1. The summed E-state index contributed by atoms with van der Waals surface area (Å²) < 4.78 is 5.38. The highest BCUT2D eigenvalue weighted by atomic mass is 16.5. The molecule has 0 unspecified atom stereocenters. The second-order valence-electron chi connectivity index (χ2n) is 10.2. The van der Waals surface area contributed by atoms with E-state index >= 15 is 0 Å². The third-order valence-electron chi connectivity index (χ3n) is 7.84. The van der Waals surface area contributed by atoms with Crippen LogP contribution in [0.5, 0.6) is 0 Å². The first-order chi connectivity index (χ1) is 14.2. The number of hydrogen-bond donors (Lipinski definition) is 1. The van der Waals surface area contributed by atoms with E-state index in [9.17, 15) is 9.90 Å². The van der Waals surface area contributed by atoms with Crippen molar-refractivity contribution in [1.29, 1.82) is 0 Å². The van der Waals surface area contributed by atoms with Gasteiger partial charge in [-0.15, -0.1) is 0 Å². The van der Waals surface area contributed by atoms with Gasteiger partial charge in [0.15, 0.2) is 0 Å². The van der Waals surface area contributed by atoms with Crippen molar-refractivity contribution in [2.24, 2.45) is 22.7 Å². The smallest absolute Gasteiger partial charge is 0.338 e. The van der Waals surface area contributed by atoms with Crippen molar-refractivity contribution < 1.29 is 14.6 Å². The first-order valence-corrected chi connectivity index (χ1v) is 11.4.